The van der Waals surface area contributed by atoms with Gasteiger partial charge in [-0.15, -0.1) is 0 Å². The number of aliphatic imine (C=N–C) groups is 1. The second-order valence-corrected chi connectivity index (χ2v) is 12.2. The normalized spacial score (nSPS) is 15.5. The predicted octanol–water partition coefficient (Wildman–Crippen LogP) is 1.81. The number of aliphatic carboxylic acids is 1. The predicted molar refractivity (Wildman–Crippen MR) is 177 cm³/mol. The van der Waals surface area contributed by atoms with Gasteiger partial charge in [-0.3, -0.25) is 19.4 Å². The Bertz CT molecular complexity index is 1260. The maximum absolute atomic E-state index is 13.1. The largest absolute Gasteiger partial charge is 0.490 e. The molecular weight excluding hydrogens is 667 g/mol. The monoisotopic (exact) mass is 717 g/mol. The molecule has 50 heavy (non-hydrogen) atoms. The molecule has 0 aromatic heterocycles. The Morgan fingerprint density at radius 1 is 0.960 bits per heavy atom. The second-order valence-electron chi connectivity index (χ2n) is 12.2. The van der Waals surface area contributed by atoms with Crippen molar-refractivity contribution >= 4 is 35.7 Å². The van der Waals surface area contributed by atoms with Crippen LogP contribution in [0.3, 0.4) is 0 Å². The summed E-state index contributed by atoms with van der Waals surface area (Å²) in [5, 5.41) is 28.9. The third kappa shape index (κ3) is 18.2. The van der Waals surface area contributed by atoms with Gasteiger partial charge in [0.05, 0.1) is 18.6 Å². The number of carbonyl (C=O) groups excluding carboxylic acids is 4. The maximum Gasteiger partial charge on any atom is 0.490 e. The number of hydrogen-bond acceptors (Lipinski definition) is 8. The van der Waals surface area contributed by atoms with E-state index in [4.69, 9.17) is 26.1 Å². The van der Waals surface area contributed by atoms with E-state index in [2.05, 4.69) is 26.3 Å². The minimum absolute atomic E-state index is 0.0193. The van der Waals surface area contributed by atoms with Crippen LogP contribution in [-0.4, -0.2) is 88.9 Å². The Kier molecular flexibility index (Phi) is 19.3. The molecule has 18 heteroatoms. The number of nitrogens with zero attached hydrogens (tertiary/aromatic N) is 1. The first-order chi connectivity index (χ1) is 23.4. The fourth-order valence-corrected chi connectivity index (χ4v) is 4.91. The number of carbonyl (C=O) groups is 5. The highest BCUT2D eigenvalue weighted by Gasteiger charge is 2.38. The van der Waals surface area contributed by atoms with Gasteiger partial charge < -0.3 is 47.7 Å². The van der Waals surface area contributed by atoms with Gasteiger partial charge in [-0.1, -0.05) is 63.4 Å². The van der Waals surface area contributed by atoms with Crippen molar-refractivity contribution in [2.24, 2.45) is 22.4 Å². The number of guanidine groups is 1. The molecule has 282 valence electrons. The molecule has 0 bridgehead atoms. The lowest BCUT2D eigenvalue weighted by Crippen LogP contribution is -2.56. The zero-order chi connectivity index (χ0) is 37.9. The Morgan fingerprint density at radius 3 is 2.10 bits per heavy atom. The van der Waals surface area contributed by atoms with Crippen molar-refractivity contribution in [1.29, 1.82) is 0 Å². The number of alkyl carbamates (subject to hydrolysis) is 1. The number of rotatable bonds is 16. The molecule has 1 saturated carbocycles. The van der Waals surface area contributed by atoms with Gasteiger partial charge in [0, 0.05) is 12.6 Å². The van der Waals surface area contributed by atoms with Crippen LogP contribution in [0.4, 0.5) is 18.0 Å². The van der Waals surface area contributed by atoms with E-state index in [1.807, 2.05) is 32.0 Å². The number of nitrogens with two attached hydrogens (primary N) is 2. The van der Waals surface area contributed by atoms with Crippen LogP contribution in [-0.2, 0) is 30.5 Å². The number of halogens is 3. The van der Waals surface area contributed by atoms with Gasteiger partial charge in [0.25, 0.3) is 0 Å². The molecule has 0 spiro atoms. The molecule has 15 nitrogen and oxygen atoms in total. The van der Waals surface area contributed by atoms with Crippen molar-refractivity contribution in [2.45, 2.75) is 115 Å². The van der Waals surface area contributed by atoms with E-state index in [0.717, 1.165) is 37.7 Å². The summed E-state index contributed by atoms with van der Waals surface area (Å²) in [6.07, 6.45) is -1.41. The zero-order valence-corrected chi connectivity index (χ0v) is 28.5. The van der Waals surface area contributed by atoms with Crippen molar-refractivity contribution in [3.63, 3.8) is 0 Å². The number of amides is 4. The summed E-state index contributed by atoms with van der Waals surface area (Å²) >= 11 is 0. The van der Waals surface area contributed by atoms with Gasteiger partial charge in [0.15, 0.2) is 5.96 Å². The van der Waals surface area contributed by atoms with Crippen molar-refractivity contribution in [2.75, 3.05) is 6.54 Å². The Hall–Kier alpha value is -4.61. The Morgan fingerprint density at radius 2 is 1.56 bits per heavy atom. The maximum atomic E-state index is 13.1. The number of ether oxygens (including phenoxy) is 1. The summed E-state index contributed by atoms with van der Waals surface area (Å²) in [4.78, 5) is 64.0. The van der Waals surface area contributed by atoms with Crippen molar-refractivity contribution in [3.05, 3.63) is 35.9 Å². The van der Waals surface area contributed by atoms with Crippen LogP contribution in [0.5, 0.6) is 0 Å². The van der Waals surface area contributed by atoms with Gasteiger partial charge in [0.2, 0.25) is 17.7 Å². The fraction of sp³-hybridized carbons (Fsp3) is 0.625. The number of hydrogen-bond donors (Lipinski definition) is 8. The van der Waals surface area contributed by atoms with Gasteiger partial charge in [-0.05, 0) is 44.1 Å². The quantitative estimate of drug-likeness (QED) is 0.0700. The topological polar surface area (TPSA) is 248 Å². The third-order valence-electron chi connectivity index (χ3n) is 7.57. The number of aliphatic hydroxyl groups is 1. The number of nitrogens with one attached hydrogen (secondary N) is 4. The molecule has 1 aliphatic carbocycles. The lowest BCUT2D eigenvalue weighted by molar-refractivity contribution is -0.192. The summed E-state index contributed by atoms with van der Waals surface area (Å²) < 4.78 is 37.0. The van der Waals surface area contributed by atoms with Crippen LogP contribution in [0.25, 0.3) is 0 Å². The molecule has 10 N–H and O–H groups in total. The first-order valence-corrected chi connectivity index (χ1v) is 16.3. The molecule has 1 fully saturated rings. The average Bonchev–Trinajstić information content (AvgIpc) is 3.04. The van der Waals surface area contributed by atoms with Gasteiger partial charge in [-0.2, -0.15) is 13.2 Å². The summed E-state index contributed by atoms with van der Waals surface area (Å²) in [6.45, 7) is 5.41. The molecule has 0 unspecified atom stereocenters. The first kappa shape index (κ1) is 43.4. The van der Waals surface area contributed by atoms with Crippen LogP contribution >= 0.6 is 0 Å². The van der Waals surface area contributed by atoms with Crippen LogP contribution in [0.2, 0.25) is 0 Å². The molecule has 0 aliphatic heterocycles. The van der Waals surface area contributed by atoms with Crippen LogP contribution in [0, 0.1) is 5.92 Å². The number of aliphatic hydroxyl groups excluding tert-OH is 1. The standard InChI is InChI=1S/C30H49N7O6.C2HF3O2/c1-19(2)26(24(38)17-25(39)35-22-13-8-5-9-14-22)37-27(40)20(3)34-28(41)23(15-10-16-33-29(31)32)36-30(42)43-18-21-11-6-4-7-12-21;3-2(4,5)1(6)7/h4,6-7,11-12,19-20,22-24,26,38H,5,8-10,13-18H2,1-3H3,(H,34,41)(H,35,39)(H,36,42)(H,37,40)(H4,31,32,33);(H,6,7)/t20-,23-,24-,26-;/m0./s1. The highest BCUT2D eigenvalue weighted by molar-refractivity contribution is 5.91. The molecule has 1 aromatic carbocycles. The van der Waals surface area contributed by atoms with Crippen molar-refractivity contribution < 1.29 is 52.1 Å². The lowest BCUT2D eigenvalue weighted by Gasteiger charge is -2.30. The summed E-state index contributed by atoms with van der Waals surface area (Å²) in [6, 6.07) is 6.46. The smallest absolute Gasteiger partial charge is 0.475 e. The number of carboxylic acid groups (broad SMARTS) is 1. The first-order valence-electron chi connectivity index (χ1n) is 16.3. The van der Waals surface area contributed by atoms with E-state index in [1.54, 1.807) is 12.1 Å². The highest BCUT2D eigenvalue weighted by Crippen LogP contribution is 2.18. The number of alkyl halides is 3. The van der Waals surface area contributed by atoms with Gasteiger partial charge in [0.1, 0.15) is 18.7 Å². The zero-order valence-electron chi connectivity index (χ0n) is 28.5. The van der Waals surface area contributed by atoms with Gasteiger partial charge >= 0.3 is 18.2 Å². The van der Waals surface area contributed by atoms with E-state index in [1.165, 1.54) is 6.92 Å². The van der Waals surface area contributed by atoms with E-state index in [9.17, 15) is 37.5 Å². The van der Waals surface area contributed by atoms with E-state index >= 15 is 0 Å². The molecule has 0 saturated heterocycles. The molecule has 2 rings (SSSR count). The summed E-state index contributed by atoms with van der Waals surface area (Å²) in [5.74, 6) is -4.42. The lowest BCUT2D eigenvalue weighted by atomic mass is 9.94. The SMILES string of the molecule is CC(C)[C@H](NC(=O)[C@H](C)NC(=O)[C@H](CCCN=C(N)N)NC(=O)OCc1ccccc1)[C@@H](O)CC(=O)NC1CCCCC1.O=C(O)C(F)(F)F. The summed E-state index contributed by atoms with van der Waals surface area (Å²) in [7, 11) is 0. The van der Waals surface area contributed by atoms with Crippen molar-refractivity contribution in [3.8, 4) is 0 Å². The molecule has 4 atom stereocenters. The molecule has 1 aliphatic rings. The van der Waals surface area contributed by atoms with E-state index < -0.39 is 54.3 Å². The average molecular weight is 718 g/mol. The number of carboxylic acids is 1. The van der Waals surface area contributed by atoms with Crippen molar-refractivity contribution in [1.82, 2.24) is 21.3 Å². The van der Waals surface area contributed by atoms with Crippen LogP contribution in [0.15, 0.2) is 35.3 Å². The molecule has 0 radical (unpaired) electrons. The molecular formula is C32H50F3N7O8. The highest BCUT2D eigenvalue weighted by atomic mass is 19.4. The molecule has 1 aromatic rings. The second kappa shape index (κ2) is 22.2. The number of benzene rings is 1. The Balaban J connectivity index is 0.00000161. The molecule has 4 amide bonds. The minimum atomic E-state index is -5.08. The third-order valence-corrected chi connectivity index (χ3v) is 7.57. The van der Waals surface area contributed by atoms with Gasteiger partial charge in [-0.25, -0.2) is 9.59 Å². The summed E-state index contributed by atoms with van der Waals surface area (Å²) in [5.41, 5.74) is 11.5. The van der Waals surface area contributed by atoms with E-state index in [0.29, 0.717) is 6.42 Å². The molecule has 0 heterocycles. The fourth-order valence-electron chi connectivity index (χ4n) is 4.91. The van der Waals surface area contributed by atoms with E-state index in [-0.39, 0.29) is 49.8 Å². The van der Waals surface area contributed by atoms with Crippen LogP contribution in [0.1, 0.15) is 77.7 Å². The Labute approximate surface area is 289 Å². The van der Waals surface area contributed by atoms with Crippen LogP contribution < -0.4 is 32.7 Å². The minimum Gasteiger partial charge on any atom is -0.475 e.